The molecule has 4 rings (SSSR count). The van der Waals surface area contributed by atoms with E-state index in [0.717, 1.165) is 28.8 Å². The van der Waals surface area contributed by atoms with Gasteiger partial charge in [-0.2, -0.15) is 5.10 Å². The van der Waals surface area contributed by atoms with Crippen LogP contribution in [-0.4, -0.2) is 41.4 Å². The number of hydrogen-bond acceptors (Lipinski definition) is 6. The van der Waals surface area contributed by atoms with Gasteiger partial charge in [-0.05, 0) is 44.2 Å². The Labute approximate surface area is 193 Å². The Hall–Kier alpha value is -3.53. The Bertz CT molecular complexity index is 1330. The van der Waals surface area contributed by atoms with E-state index in [-0.39, 0.29) is 22.8 Å². The van der Waals surface area contributed by atoms with E-state index in [1.54, 1.807) is 22.9 Å². The second-order valence-corrected chi connectivity index (χ2v) is 8.41. The first-order chi connectivity index (χ1) is 15.8. The van der Waals surface area contributed by atoms with Crippen molar-refractivity contribution in [1.29, 1.82) is 0 Å². The highest BCUT2D eigenvalue weighted by atomic mass is 32.1. The van der Waals surface area contributed by atoms with Gasteiger partial charge in [-0.3, -0.25) is 14.4 Å². The molecule has 0 aliphatic carbocycles. The number of hydrogen-bond donors (Lipinski definition) is 0. The molecule has 0 N–H and O–H groups in total. The van der Waals surface area contributed by atoms with Crippen molar-refractivity contribution in [2.45, 2.75) is 20.4 Å². The number of fused-ring (bicyclic) bond motifs is 1. The van der Waals surface area contributed by atoms with Crippen LogP contribution >= 0.6 is 11.3 Å². The quantitative estimate of drug-likeness (QED) is 0.388. The van der Waals surface area contributed by atoms with Crippen LogP contribution in [0.5, 0.6) is 11.5 Å². The molecule has 10 heteroatoms. The predicted molar refractivity (Wildman–Crippen MR) is 122 cm³/mol. The Morgan fingerprint density at radius 1 is 1.12 bits per heavy atom. The lowest BCUT2D eigenvalue weighted by Gasteiger charge is -2.21. The van der Waals surface area contributed by atoms with E-state index < -0.39 is 17.5 Å². The third-order valence-corrected chi connectivity index (χ3v) is 6.18. The maximum absolute atomic E-state index is 14.3. The summed E-state index contributed by atoms with van der Waals surface area (Å²) in [4.78, 5) is 19.4. The Morgan fingerprint density at radius 2 is 1.91 bits per heavy atom. The van der Waals surface area contributed by atoms with Crippen molar-refractivity contribution in [3.05, 3.63) is 65.0 Å². The van der Waals surface area contributed by atoms with Crippen molar-refractivity contribution in [3.8, 4) is 11.5 Å². The van der Waals surface area contributed by atoms with Gasteiger partial charge >= 0.3 is 0 Å². The van der Waals surface area contributed by atoms with Gasteiger partial charge in [0.15, 0.2) is 10.9 Å². The zero-order chi connectivity index (χ0) is 23.7. The average molecular weight is 473 g/mol. The van der Waals surface area contributed by atoms with Gasteiger partial charge in [-0.1, -0.05) is 11.3 Å². The van der Waals surface area contributed by atoms with Crippen LogP contribution in [0.2, 0.25) is 0 Å². The molecule has 0 radical (unpaired) electrons. The van der Waals surface area contributed by atoms with Crippen molar-refractivity contribution in [2.24, 2.45) is 0 Å². The number of benzene rings is 2. The second-order valence-electron chi connectivity index (χ2n) is 7.40. The number of halogens is 2. The summed E-state index contributed by atoms with van der Waals surface area (Å²) in [5, 5.41) is 4.69. The summed E-state index contributed by atoms with van der Waals surface area (Å²) in [6.07, 6.45) is 0. The first kappa shape index (κ1) is 22.7. The number of methoxy groups -OCH3 is 2. The number of carbonyl (C=O) groups excluding carboxylic acids is 1. The summed E-state index contributed by atoms with van der Waals surface area (Å²) in [6, 6.07) is 8.82. The lowest BCUT2D eigenvalue weighted by atomic mass is 10.1. The van der Waals surface area contributed by atoms with Gasteiger partial charge in [0.05, 0.1) is 36.7 Å². The number of aromatic nitrogens is 3. The van der Waals surface area contributed by atoms with Crippen LogP contribution < -0.4 is 14.4 Å². The van der Waals surface area contributed by atoms with Gasteiger partial charge in [-0.15, -0.1) is 0 Å². The van der Waals surface area contributed by atoms with Crippen LogP contribution in [0.3, 0.4) is 0 Å². The summed E-state index contributed by atoms with van der Waals surface area (Å²) in [5.74, 6) is -1.06. The van der Waals surface area contributed by atoms with Gasteiger partial charge in [0.2, 0.25) is 0 Å². The zero-order valence-electron chi connectivity index (χ0n) is 18.6. The van der Waals surface area contributed by atoms with Gasteiger partial charge in [-0.25, -0.2) is 13.8 Å². The van der Waals surface area contributed by atoms with E-state index in [4.69, 9.17) is 9.47 Å². The van der Waals surface area contributed by atoms with Crippen LogP contribution in [0.25, 0.3) is 10.2 Å². The molecule has 172 valence electrons. The van der Waals surface area contributed by atoms with Crippen molar-refractivity contribution in [3.63, 3.8) is 0 Å². The summed E-state index contributed by atoms with van der Waals surface area (Å²) >= 11 is 1.04. The van der Waals surface area contributed by atoms with Crippen LogP contribution in [0, 0.1) is 25.5 Å². The Morgan fingerprint density at radius 3 is 2.58 bits per heavy atom. The van der Waals surface area contributed by atoms with Gasteiger partial charge in [0.25, 0.3) is 5.91 Å². The minimum atomic E-state index is -0.780. The molecule has 0 aliphatic rings. The SMILES string of the molecule is COc1ccc(OC)c(C(=O)N(CCn2nc(C)cc2C)c2nc3c(F)cc(F)cc3s2)c1. The Kier molecular flexibility index (Phi) is 6.28. The fourth-order valence-electron chi connectivity index (χ4n) is 3.57. The van der Waals surface area contributed by atoms with Crippen LogP contribution in [-0.2, 0) is 6.54 Å². The summed E-state index contributed by atoms with van der Waals surface area (Å²) in [7, 11) is 2.97. The van der Waals surface area contributed by atoms with Crippen molar-refractivity contribution in [2.75, 3.05) is 25.7 Å². The minimum Gasteiger partial charge on any atom is -0.497 e. The molecule has 0 saturated heterocycles. The molecule has 0 spiro atoms. The number of ether oxygens (including phenoxy) is 2. The van der Waals surface area contributed by atoms with E-state index in [9.17, 15) is 13.6 Å². The molecule has 0 atom stereocenters. The monoisotopic (exact) mass is 472 g/mol. The van der Waals surface area contributed by atoms with Crippen molar-refractivity contribution >= 4 is 32.6 Å². The van der Waals surface area contributed by atoms with E-state index >= 15 is 0 Å². The fourth-order valence-corrected chi connectivity index (χ4v) is 4.60. The molecule has 4 aromatic rings. The summed E-state index contributed by atoms with van der Waals surface area (Å²) < 4.78 is 40.8. The third-order valence-electron chi connectivity index (χ3n) is 5.15. The largest absolute Gasteiger partial charge is 0.497 e. The topological polar surface area (TPSA) is 69.5 Å². The third kappa shape index (κ3) is 4.51. The number of aryl methyl sites for hydroxylation is 2. The molecule has 0 bridgehead atoms. The van der Waals surface area contributed by atoms with Gasteiger partial charge in [0.1, 0.15) is 22.8 Å². The first-order valence-corrected chi connectivity index (χ1v) is 10.9. The van der Waals surface area contributed by atoms with E-state index in [1.807, 2.05) is 19.9 Å². The fraction of sp³-hybridized carbons (Fsp3) is 0.261. The smallest absolute Gasteiger partial charge is 0.264 e. The summed E-state index contributed by atoms with van der Waals surface area (Å²) in [6.45, 7) is 4.39. The highest BCUT2D eigenvalue weighted by molar-refractivity contribution is 7.22. The maximum atomic E-state index is 14.3. The molecule has 7 nitrogen and oxygen atoms in total. The van der Waals surface area contributed by atoms with Gasteiger partial charge in [0, 0.05) is 18.3 Å². The molecule has 0 aliphatic heterocycles. The molecule has 1 amide bonds. The number of amides is 1. The Balaban J connectivity index is 1.78. The van der Waals surface area contributed by atoms with E-state index in [1.165, 1.54) is 25.2 Å². The number of thiazole rings is 1. The number of nitrogens with zero attached hydrogens (tertiary/aromatic N) is 4. The number of anilines is 1. The normalized spacial score (nSPS) is 11.1. The molecule has 0 unspecified atom stereocenters. The average Bonchev–Trinajstić information content (AvgIpc) is 3.35. The van der Waals surface area contributed by atoms with Crippen LogP contribution in [0.4, 0.5) is 13.9 Å². The lowest BCUT2D eigenvalue weighted by Crippen LogP contribution is -2.34. The molecule has 33 heavy (non-hydrogen) atoms. The highest BCUT2D eigenvalue weighted by Gasteiger charge is 2.26. The van der Waals surface area contributed by atoms with Crippen LogP contribution in [0.15, 0.2) is 36.4 Å². The summed E-state index contributed by atoms with van der Waals surface area (Å²) in [5.41, 5.74) is 2.07. The van der Waals surface area contributed by atoms with Crippen LogP contribution in [0.1, 0.15) is 21.7 Å². The number of carbonyl (C=O) groups is 1. The molecule has 2 aromatic carbocycles. The molecule has 0 saturated carbocycles. The van der Waals surface area contributed by atoms with E-state index in [2.05, 4.69) is 10.1 Å². The van der Waals surface area contributed by atoms with Gasteiger partial charge < -0.3 is 9.47 Å². The maximum Gasteiger partial charge on any atom is 0.264 e. The second kappa shape index (κ2) is 9.14. The first-order valence-electron chi connectivity index (χ1n) is 10.1. The molecule has 0 fully saturated rings. The standard InChI is InChI=1S/C23H22F2N4O3S/c1-13-9-14(2)29(27-13)8-7-28(22(30)17-12-16(31-3)5-6-19(17)32-4)23-26-21-18(25)10-15(24)11-20(21)33-23/h5-6,9-12H,7-8H2,1-4H3. The number of rotatable bonds is 7. The van der Waals surface area contributed by atoms with E-state index in [0.29, 0.717) is 22.7 Å². The van der Waals surface area contributed by atoms with Crippen molar-refractivity contribution in [1.82, 2.24) is 14.8 Å². The lowest BCUT2D eigenvalue weighted by molar-refractivity contribution is 0.0982. The molecular weight excluding hydrogens is 450 g/mol. The molecular formula is C23H22F2N4O3S. The van der Waals surface area contributed by atoms with Crippen molar-refractivity contribution < 1.29 is 23.0 Å². The minimum absolute atomic E-state index is 0.0120. The molecule has 2 aromatic heterocycles. The highest BCUT2D eigenvalue weighted by Crippen LogP contribution is 2.33. The molecule has 2 heterocycles. The zero-order valence-corrected chi connectivity index (χ0v) is 19.4. The predicted octanol–water partition coefficient (Wildman–Crippen LogP) is 4.75.